The van der Waals surface area contributed by atoms with Crippen molar-refractivity contribution in [3.8, 4) is 0 Å². The normalized spacial score (nSPS) is 15.2. The Morgan fingerprint density at radius 3 is 2.63 bits per heavy atom. The van der Waals surface area contributed by atoms with Crippen molar-refractivity contribution in [2.75, 3.05) is 13.7 Å². The van der Waals surface area contributed by atoms with Gasteiger partial charge in [-0.05, 0) is 36.3 Å². The van der Waals surface area contributed by atoms with Crippen molar-refractivity contribution in [3.63, 3.8) is 0 Å². The first-order valence-corrected chi connectivity index (χ1v) is 9.51. The number of hydrogen-bond acceptors (Lipinski definition) is 5. The van der Waals surface area contributed by atoms with Crippen LogP contribution >= 0.6 is 0 Å². The lowest BCUT2D eigenvalue weighted by molar-refractivity contribution is -0.137. The molecule has 1 aromatic heterocycles. The Kier molecular flexibility index (Phi) is 5.10. The fraction of sp³-hybridized carbons (Fsp3) is 0.174. The lowest BCUT2D eigenvalue weighted by atomic mass is 10.1. The van der Waals surface area contributed by atoms with Gasteiger partial charge in [-0.15, -0.1) is 0 Å². The number of aryl methyl sites for hydroxylation is 1. The van der Waals surface area contributed by atoms with Crippen LogP contribution in [0.3, 0.4) is 0 Å². The van der Waals surface area contributed by atoms with Crippen LogP contribution in [-0.2, 0) is 25.6 Å². The summed E-state index contributed by atoms with van der Waals surface area (Å²) in [6.45, 7) is 4.38. The summed E-state index contributed by atoms with van der Waals surface area (Å²) in [5.74, 6) is -0.881. The van der Waals surface area contributed by atoms with Crippen LogP contribution in [0.25, 0.3) is 27.9 Å². The second-order valence-electron chi connectivity index (χ2n) is 6.91. The van der Waals surface area contributed by atoms with E-state index in [1.54, 1.807) is 6.08 Å². The minimum atomic E-state index is -0.680. The second-order valence-corrected chi connectivity index (χ2v) is 6.91. The molecule has 30 heavy (non-hydrogen) atoms. The molecule has 2 aromatic carbocycles. The van der Waals surface area contributed by atoms with Gasteiger partial charge in [-0.3, -0.25) is 4.79 Å². The summed E-state index contributed by atoms with van der Waals surface area (Å²) in [5, 5.41) is 2.09. The zero-order valence-corrected chi connectivity index (χ0v) is 16.5. The number of carbonyl (C=O) groups is 3. The van der Waals surface area contributed by atoms with Crippen molar-refractivity contribution in [3.05, 3.63) is 66.4 Å². The number of ether oxygens (including phenoxy) is 2. The molecule has 0 N–H and O–H groups in total. The molecule has 0 atom stereocenters. The number of hydrogen-bond donors (Lipinski definition) is 0. The molecule has 7 heteroatoms. The van der Waals surface area contributed by atoms with E-state index >= 15 is 0 Å². The Labute approximate surface area is 172 Å². The molecule has 0 radical (unpaired) electrons. The van der Waals surface area contributed by atoms with Gasteiger partial charge in [0.05, 0.1) is 6.61 Å². The summed E-state index contributed by atoms with van der Waals surface area (Å²) in [7, 11) is 1.38. The van der Waals surface area contributed by atoms with Crippen molar-refractivity contribution in [2.45, 2.75) is 13.0 Å². The molecule has 1 aliphatic heterocycles. The number of esters is 1. The molecule has 0 bridgehead atoms. The van der Waals surface area contributed by atoms with Crippen molar-refractivity contribution in [2.24, 2.45) is 0 Å². The van der Waals surface area contributed by atoms with Gasteiger partial charge in [0, 0.05) is 41.5 Å². The Bertz CT molecular complexity index is 1220. The number of likely N-dealkylation sites (N-methyl/N-ethyl adjacent to an activating group) is 1. The van der Waals surface area contributed by atoms with Gasteiger partial charge in [0.2, 0.25) is 0 Å². The van der Waals surface area contributed by atoms with E-state index in [0.29, 0.717) is 19.6 Å². The first-order valence-electron chi connectivity index (χ1n) is 9.51. The van der Waals surface area contributed by atoms with Crippen molar-refractivity contribution in [1.29, 1.82) is 0 Å². The van der Waals surface area contributed by atoms with E-state index in [-0.39, 0.29) is 5.76 Å². The quantitative estimate of drug-likeness (QED) is 0.354. The highest BCUT2D eigenvalue weighted by Crippen LogP contribution is 2.31. The number of cyclic esters (lactones) is 1. The van der Waals surface area contributed by atoms with Gasteiger partial charge in [0.15, 0.2) is 5.76 Å². The molecule has 1 saturated heterocycles. The standard InChI is InChI=1S/C23H20N2O5/c1-3-21(26)29-12-6-11-25-18-8-5-4-7-16(18)17-13-15(9-10-19(17)25)14-20-22(27)24(2)23(28)30-20/h3-5,7-10,13-14H,1,6,11-12H2,2H3/b20-14+. The van der Waals surface area contributed by atoms with Crippen LogP contribution in [0.4, 0.5) is 4.79 Å². The van der Waals surface area contributed by atoms with Crippen LogP contribution in [0.1, 0.15) is 12.0 Å². The molecule has 4 rings (SSSR count). The molecule has 7 nitrogen and oxygen atoms in total. The van der Waals surface area contributed by atoms with Crippen LogP contribution in [0.15, 0.2) is 60.9 Å². The highest BCUT2D eigenvalue weighted by atomic mass is 16.6. The molecular weight excluding hydrogens is 384 g/mol. The van der Waals surface area contributed by atoms with E-state index in [1.165, 1.54) is 7.05 Å². The van der Waals surface area contributed by atoms with Crippen LogP contribution in [0.2, 0.25) is 0 Å². The topological polar surface area (TPSA) is 77.8 Å². The molecule has 2 heterocycles. The Balaban J connectivity index is 1.68. The number of imide groups is 1. The molecule has 0 saturated carbocycles. The fourth-order valence-corrected chi connectivity index (χ4v) is 3.55. The van der Waals surface area contributed by atoms with Crippen LogP contribution in [-0.4, -0.2) is 41.1 Å². The maximum absolute atomic E-state index is 12.1. The Morgan fingerprint density at radius 1 is 1.13 bits per heavy atom. The van der Waals surface area contributed by atoms with E-state index in [2.05, 4.69) is 11.1 Å². The third kappa shape index (κ3) is 3.45. The SMILES string of the molecule is C=CC(=O)OCCCn1c2ccccc2c2cc(/C=C3/OC(=O)N(C)C3=O)ccc21. The number of benzene rings is 2. The smallest absolute Gasteiger partial charge is 0.422 e. The van der Waals surface area contributed by atoms with Crippen molar-refractivity contribution >= 4 is 45.9 Å². The number of rotatable bonds is 6. The maximum atomic E-state index is 12.1. The number of aromatic nitrogens is 1. The third-order valence-electron chi connectivity index (χ3n) is 5.02. The number of carbonyl (C=O) groups excluding carboxylic acids is 3. The molecule has 1 fully saturated rings. The van der Waals surface area contributed by atoms with Crippen molar-refractivity contribution < 1.29 is 23.9 Å². The first-order chi connectivity index (χ1) is 14.5. The largest absolute Gasteiger partial charge is 0.462 e. The summed E-state index contributed by atoms with van der Waals surface area (Å²) in [6, 6.07) is 13.9. The summed E-state index contributed by atoms with van der Waals surface area (Å²) in [6.07, 6.45) is 2.71. The van der Waals surface area contributed by atoms with Gasteiger partial charge in [-0.25, -0.2) is 14.5 Å². The van der Waals surface area contributed by atoms with Crippen LogP contribution < -0.4 is 0 Å². The number of amides is 2. The van der Waals surface area contributed by atoms with E-state index in [9.17, 15) is 14.4 Å². The lowest BCUT2D eigenvalue weighted by Gasteiger charge is -2.08. The maximum Gasteiger partial charge on any atom is 0.422 e. The third-order valence-corrected chi connectivity index (χ3v) is 5.02. The van der Waals surface area contributed by atoms with E-state index in [1.807, 2.05) is 42.5 Å². The summed E-state index contributed by atoms with van der Waals surface area (Å²) in [5.41, 5.74) is 2.85. The first kappa shape index (κ1) is 19.4. The molecule has 0 unspecified atom stereocenters. The summed E-state index contributed by atoms with van der Waals surface area (Å²) < 4.78 is 12.3. The highest BCUT2D eigenvalue weighted by Gasteiger charge is 2.33. The molecular formula is C23H20N2O5. The minimum absolute atomic E-state index is 0.00891. The predicted molar refractivity (Wildman–Crippen MR) is 112 cm³/mol. The molecule has 3 aromatic rings. The highest BCUT2D eigenvalue weighted by molar-refractivity contribution is 6.11. The molecule has 2 amide bonds. The van der Waals surface area contributed by atoms with Crippen LogP contribution in [0, 0.1) is 0 Å². The minimum Gasteiger partial charge on any atom is -0.462 e. The summed E-state index contributed by atoms with van der Waals surface area (Å²) in [4.78, 5) is 35.8. The van der Waals surface area contributed by atoms with Gasteiger partial charge in [0.1, 0.15) is 0 Å². The Hall–Kier alpha value is -3.87. The van der Waals surface area contributed by atoms with Gasteiger partial charge in [-0.2, -0.15) is 0 Å². The van der Waals surface area contributed by atoms with Gasteiger partial charge in [-0.1, -0.05) is 30.8 Å². The average Bonchev–Trinajstić information content (AvgIpc) is 3.20. The van der Waals surface area contributed by atoms with E-state index < -0.39 is 18.0 Å². The monoisotopic (exact) mass is 404 g/mol. The second kappa shape index (κ2) is 7.87. The molecule has 0 spiro atoms. The molecule has 152 valence electrons. The van der Waals surface area contributed by atoms with E-state index in [4.69, 9.17) is 9.47 Å². The fourth-order valence-electron chi connectivity index (χ4n) is 3.55. The van der Waals surface area contributed by atoms with Gasteiger partial charge >= 0.3 is 12.1 Å². The zero-order valence-electron chi connectivity index (χ0n) is 16.5. The average molecular weight is 404 g/mol. The number of fused-ring (bicyclic) bond motifs is 3. The van der Waals surface area contributed by atoms with Crippen molar-refractivity contribution in [1.82, 2.24) is 9.47 Å². The summed E-state index contributed by atoms with van der Waals surface area (Å²) >= 11 is 0. The predicted octanol–water partition coefficient (Wildman–Crippen LogP) is 3.86. The molecule has 1 aliphatic rings. The van der Waals surface area contributed by atoms with Crippen LogP contribution in [0.5, 0.6) is 0 Å². The lowest BCUT2D eigenvalue weighted by Crippen LogP contribution is -2.23. The number of nitrogens with zero attached hydrogens (tertiary/aromatic N) is 2. The zero-order chi connectivity index (χ0) is 21.3. The Morgan fingerprint density at radius 2 is 1.90 bits per heavy atom. The van der Waals surface area contributed by atoms with Gasteiger partial charge in [0.25, 0.3) is 5.91 Å². The number of para-hydroxylation sites is 1. The molecule has 0 aliphatic carbocycles. The van der Waals surface area contributed by atoms with Gasteiger partial charge < -0.3 is 14.0 Å². The van der Waals surface area contributed by atoms with E-state index in [0.717, 1.165) is 38.3 Å².